The number of hydrogen-bond donors (Lipinski definition) is 1. The molecule has 1 aliphatic rings. The van der Waals surface area contributed by atoms with Crippen LogP contribution in [0.25, 0.3) is 11.3 Å². The third-order valence-corrected chi connectivity index (χ3v) is 5.40. The van der Waals surface area contributed by atoms with Crippen LogP contribution in [0.15, 0.2) is 47.6 Å². The highest BCUT2D eigenvalue weighted by Gasteiger charge is 2.32. The minimum absolute atomic E-state index is 0.0535. The number of nitrogens with zero attached hydrogens (tertiary/aromatic N) is 3. The molecule has 0 saturated heterocycles. The highest BCUT2D eigenvalue weighted by Crippen LogP contribution is 2.38. The second kappa shape index (κ2) is 7.88. The second-order valence-electron chi connectivity index (χ2n) is 6.49. The SMILES string of the molecule is O=C(O)c1cc(F)ccc1/C=N/N(c1nc(-c2cccc(Cl)c2)c(F)s1)C1CC1. The number of carboxylic acids is 1. The van der Waals surface area contributed by atoms with E-state index < -0.39 is 16.9 Å². The Labute approximate surface area is 173 Å². The topological polar surface area (TPSA) is 65.8 Å². The fraction of sp³-hybridized carbons (Fsp3) is 0.150. The number of carboxylic acid groups (broad SMARTS) is 1. The van der Waals surface area contributed by atoms with Crippen molar-refractivity contribution >= 4 is 40.3 Å². The van der Waals surface area contributed by atoms with Gasteiger partial charge in [-0.3, -0.25) is 0 Å². The van der Waals surface area contributed by atoms with Crippen molar-refractivity contribution in [3.63, 3.8) is 0 Å². The maximum atomic E-state index is 14.6. The van der Waals surface area contributed by atoms with Gasteiger partial charge in [0, 0.05) is 16.1 Å². The van der Waals surface area contributed by atoms with E-state index in [4.69, 9.17) is 11.6 Å². The second-order valence-corrected chi connectivity index (χ2v) is 7.85. The molecule has 0 atom stereocenters. The standard InChI is InChI=1S/C20H14ClF2N3O2S/c21-13-3-1-2-11(8-13)17-18(23)29-20(25-17)26(15-6-7-15)24-10-12-4-5-14(22)9-16(12)19(27)28/h1-5,8-10,15H,6-7H2,(H,27,28)/b24-10+. The third-order valence-electron chi connectivity index (χ3n) is 4.33. The van der Waals surface area contributed by atoms with E-state index in [1.165, 1.54) is 12.3 Å². The molecule has 0 amide bonds. The van der Waals surface area contributed by atoms with Gasteiger partial charge in [-0.1, -0.05) is 35.1 Å². The molecule has 0 radical (unpaired) electrons. The summed E-state index contributed by atoms with van der Waals surface area (Å²) in [7, 11) is 0. The largest absolute Gasteiger partial charge is 0.478 e. The molecule has 1 fully saturated rings. The van der Waals surface area contributed by atoms with Crippen LogP contribution in [0, 0.1) is 10.9 Å². The van der Waals surface area contributed by atoms with E-state index in [-0.39, 0.29) is 22.9 Å². The summed E-state index contributed by atoms with van der Waals surface area (Å²) in [6.45, 7) is 0. The molecule has 9 heteroatoms. The minimum Gasteiger partial charge on any atom is -0.478 e. The van der Waals surface area contributed by atoms with Crippen LogP contribution in [0.2, 0.25) is 5.02 Å². The monoisotopic (exact) mass is 433 g/mol. The molecule has 29 heavy (non-hydrogen) atoms. The summed E-state index contributed by atoms with van der Waals surface area (Å²) < 4.78 is 27.9. The molecule has 0 bridgehead atoms. The molecule has 5 nitrogen and oxygen atoms in total. The van der Waals surface area contributed by atoms with Crippen molar-refractivity contribution in [2.75, 3.05) is 5.01 Å². The maximum absolute atomic E-state index is 14.6. The lowest BCUT2D eigenvalue weighted by Crippen LogP contribution is -2.19. The average molecular weight is 434 g/mol. The van der Waals surface area contributed by atoms with Crippen LogP contribution in [-0.4, -0.2) is 28.3 Å². The van der Waals surface area contributed by atoms with Gasteiger partial charge in [0.15, 0.2) is 0 Å². The van der Waals surface area contributed by atoms with Crippen LogP contribution in [0.5, 0.6) is 0 Å². The quantitative estimate of drug-likeness (QED) is 0.415. The molecule has 1 saturated carbocycles. The summed E-state index contributed by atoms with van der Waals surface area (Å²) in [6.07, 6.45) is 3.06. The predicted molar refractivity (Wildman–Crippen MR) is 109 cm³/mol. The van der Waals surface area contributed by atoms with Crippen molar-refractivity contribution in [3.05, 3.63) is 69.6 Å². The Hall–Kier alpha value is -2.84. The first-order valence-electron chi connectivity index (χ1n) is 8.70. The number of rotatable bonds is 6. The van der Waals surface area contributed by atoms with Crippen LogP contribution in [0.1, 0.15) is 28.8 Å². The summed E-state index contributed by atoms with van der Waals surface area (Å²) >= 11 is 6.85. The maximum Gasteiger partial charge on any atom is 0.336 e. The van der Waals surface area contributed by atoms with Gasteiger partial charge in [-0.15, -0.1) is 0 Å². The van der Waals surface area contributed by atoms with E-state index in [9.17, 15) is 18.7 Å². The van der Waals surface area contributed by atoms with Crippen LogP contribution in [0.4, 0.5) is 13.9 Å². The molecular formula is C20H14ClF2N3O2S. The lowest BCUT2D eigenvalue weighted by Gasteiger charge is -2.14. The van der Waals surface area contributed by atoms with Gasteiger partial charge < -0.3 is 5.11 Å². The summed E-state index contributed by atoms with van der Waals surface area (Å²) in [5.41, 5.74) is 0.788. The molecule has 0 unspecified atom stereocenters. The van der Waals surface area contributed by atoms with Gasteiger partial charge in [0.25, 0.3) is 0 Å². The predicted octanol–water partition coefficient (Wildman–Crippen LogP) is 5.44. The van der Waals surface area contributed by atoms with E-state index >= 15 is 0 Å². The Morgan fingerprint density at radius 3 is 2.76 bits per heavy atom. The van der Waals surface area contributed by atoms with E-state index in [1.807, 2.05) is 0 Å². The van der Waals surface area contributed by atoms with E-state index in [0.29, 0.717) is 15.7 Å². The smallest absolute Gasteiger partial charge is 0.336 e. The van der Waals surface area contributed by atoms with Gasteiger partial charge in [0.2, 0.25) is 10.3 Å². The molecule has 0 aliphatic heterocycles. The molecule has 3 aromatic rings. The number of thiazole rings is 1. The van der Waals surface area contributed by atoms with Crippen LogP contribution >= 0.6 is 22.9 Å². The Morgan fingerprint density at radius 1 is 1.28 bits per heavy atom. The number of hydrogen-bond acceptors (Lipinski definition) is 5. The third kappa shape index (κ3) is 4.28. The van der Waals surface area contributed by atoms with Gasteiger partial charge in [-0.05, 0) is 43.2 Å². The van der Waals surface area contributed by atoms with Gasteiger partial charge in [0.05, 0.1) is 17.8 Å². The first-order valence-corrected chi connectivity index (χ1v) is 9.90. The normalized spacial score (nSPS) is 13.8. The molecule has 1 heterocycles. The van der Waals surface area contributed by atoms with Crippen molar-refractivity contribution in [2.24, 2.45) is 5.10 Å². The number of benzene rings is 2. The van der Waals surface area contributed by atoms with Crippen LogP contribution in [-0.2, 0) is 0 Å². The molecule has 1 N–H and O–H groups in total. The fourth-order valence-corrected chi connectivity index (χ4v) is 3.81. The van der Waals surface area contributed by atoms with Crippen molar-refractivity contribution in [2.45, 2.75) is 18.9 Å². The van der Waals surface area contributed by atoms with Crippen molar-refractivity contribution in [1.82, 2.24) is 4.98 Å². The molecule has 4 rings (SSSR count). The number of aromatic nitrogens is 1. The number of hydrazone groups is 1. The van der Waals surface area contributed by atoms with Crippen LogP contribution < -0.4 is 5.01 Å². The van der Waals surface area contributed by atoms with E-state index in [2.05, 4.69) is 10.1 Å². The molecule has 0 spiro atoms. The Morgan fingerprint density at radius 2 is 2.07 bits per heavy atom. The molecule has 148 valence electrons. The van der Waals surface area contributed by atoms with Gasteiger partial charge in [0.1, 0.15) is 11.5 Å². The number of aromatic carboxylic acids is 1. The minimum atomic E-state index is -1.26. The van der Waals surface area contributed by atoms with Crippen molar-refractivity contribution in [3.8, 4) is 11.3 Å². The highest BCUT2D eigenvalue weighted by atomic mass is 35.5. The summed E-state index contributed by atoms with van der Waals surface area (Å²) in [4.78, 5) is 15.7. The van der Waals surface area contributed by atoms with Gasteiger partial charge in [-0.2, -0.15) is 9.49 Å². The zero-order valence-corrected chi connectivity index (χ0v) is 16.4. The highest BCUT2D eigenvalue weighted by molar-refractivity contribution is 7.14. The number of anilines is 1. The Bertz CT molecular complexity index is 1110. The first-order chi connectivity index (χ1) is 13.9. The van der Waals surface area contributed by atoms with E-state index in [1.54, 1.807) is 29.3 Å². The van der Waals surface area contributed by atoms with E-state index in [0.717, 1.165) is 36.3 Å². The Balaban J connectivity index is 1.67. The summed E-state index contributed by atoms with van der Waals surface area (Å²) in [5.74, 6) is -1.90. The Kier molecular flexibility index (Phi) is 5.29. The lowest BCUT2D eigenvalue weighted by molar-refractivity contribution is 0.0696. The zero-order chi connectivity index (χ0) is 20.5. The number of carbonyl (C=O) groups is 1. The first kappa shape index (κ1) is 19.5. The summed E-state index contributed by atoms with van der Waals surface area (Å²) in [6, 6.07) is 10.3. The molecule has 1 aliphatic carbocycles. The summed E-state index contributed by atoms with van der Waals surface area (Å²) in [5, 5.41) is 15.6. The van der Waals surface area contributed by atoms with Gasteiger partial charge >= 0.3 is 5.97 Å². The molecular weight excluding hydrogens is 420 g/mol. The molecule has 2 aromatic carbocycles. The average Bonchev–Trinajstić information content (AvgIpc) is 3.44. The fourth-order valence-electron chi connectivity index (χ4n) is 2.77. The van der Waals surface area contributed by atoms with Gasteiger partial charge in [-0.25, -0.2) is 19.2 Å². The lowest BCUT2D eigenvalue weighted by atomic mass is 10.1. The van der Waals surface area contributed by atoms with Crippen molar-refractivity contribution in [1.29, 1.82) is 0 Å². The van der Waals surface area contributed by atoms with Crippen LogP contribution in [0.3, 0.4) is 0 Å². The zero-order valence-electron chi connectivity index (χ0n) is 14.8. The number of halogens is 3. The van der Waals surface area contributed by atoms with Crippen molar-refractivity contribution < 1.29 is 18.7 Å². The molecule has 1 aromatic heterocycles.